The number of aryl methyl sites for hydroxylation is 1. The molecule has 2 rings (SSSR count). The van der Waals surface area contributed by atoms with Crippen LogP contribution in [0.4, 0.5) is 0 Å². The lowest BCUT2D eigenvalue weighted by Gasteiger charge is -2.32. The Morgan fingerprint density at radius 2 is 2.25 bits per heavy atom. The number of aromatic nitrogens is 3. The van der Waals surface area contributed by atoms with E-state index >= 15 is 0 Å². The third kappa shape index (κ3) is 2.57. The predicted molar refractivity (Wildman–Crippen MR) is 71.3 cm³/mol. The van der Waals surface area contributed by atoms with Gasteiger partial charge in [-0.25, -0.2) is 13.1 Å². The van der Waals surface area contributed by atoms with Gasteiger partial charge < -0.3 is 10.1 Å². The molecule has 11 heteroatoms. The van der Waals surface area contributed by atoms with Gasteiger partial charge in [-0.15, -0.1) is 5.10 Å². The molecule has 0 bridgehead atoms. The maximum absolute atomic E-state index is 12.7. The zero-order valence-corrected chi connectivity index (χ0v) is 13.3. The lowest BCUT2D eigenvalue weighted by molar-refractivity contribution is -0.128. The van der Waals surface area contributed by atoms with E-state index in [4.69, 9.17) is 4.74 Å². The zero-order chi connectivity index (χ0) is 14.9. The first-order chi connectivity index (χ1) is 9.39. The second-order valence-electron chi connectivity index (χ2n) is 4.13. The Morgan fingerprint density at radius 3 is 2.80 bits per heavy atom. The molecule has 1 aliphatic heterocycles. The minimum absolute atomic E-state index is 0.0157. The van der Waals surface area contributed by atoms with Gasteiger partial charge in [0.15, 0.2) is 4.60 Å². The van der Waals surface area contributed by atoms with Crippen LogP contribution in [0, 0.1) is 0 Å². The van der Waals surface area contributed by atoms with E-state index in [2.05, 4.69) is 31.6 Å². The van der Waals surface area contributed by atoms with Crippen LogP contribution in [-0.4, -0.2) is 66.5 Å². The van der Waals surface area contributed by atoms with Gasteiger partial charge in [0.25, 0.3) is 10.0 Å². The fourth-order valence-corrected chi connectivity index (χ4v) is 4.55. The summed E-state index contributed by atoms with van der Waals surface area (Å²) in [5, 5.41) is 9.66. The van der Waals surface area contributed by atoms with Crippen LogP contribution < -0.4 is 5.32 Å². The molecule has 20 heavy (non-hydrogen) atoms. The number of nitrogens with one attached hydrogen (secondary N) is 1. The van der Waals surface area contributed by atoms with Crippen molar-refractivity contribution in [2.75, 3.05) is 26.8 Å². The molecule has 1 N–H and O–H groups in total. The van der Waals surface area contributed by atoms with E-state index in [9.17, 15) is 13.2 Å². The third-order valence-electron chi connectivity index (χ3n) is 2.92. The summed E-state index contributed by atoms with van der Waals surface area (Å²) in [5.41, 5.74) is 0. The first-order valence-electron chi connectivity index (χ1n) is 5.76. The highest BCUT2D eigenvalue weighted by atomic mass is 79.9. The van der Waals surface area contributed by atoms with Crippen molar-refractivity contribution in [3.63, 3.8) is 0 Å². The molecule has 1 atom stereocenters. The van der Waals surface area contributed by atoms with Crippen LogP contribution in [0.5, 0.6) is 0 Å². The van der Waals surface area contributed by atoms with Gasteiger partial charge in [0.1, 0.15) is 6.04 Å². The molecule has 1 fully saturated rings. The average Bonchev–Trinajstić information content (AvgIpc) is 2.77. The molecule has 0 saturated carbocycles. The van der Waals surface area contributed by atoms with Gasteiger partial charge in [-0.2, -0.15) is 4.31 Å². The van der Waals surface area contributed by atoms with E-state index in [1.54, 1.807) is 0 Å². The summed E-state index contributed by atoms with van der Waals surface area (Å²) >= 11 is 3.06. The molecule has 0 radical (unpaired) electrons. The highest BCUT2D eigenvalue weighted by Crippen LogP contribution is 2.25. The molecule has 1 unspecified atom stereocenters. The molecule has 1 saturated heterocycles. The van der Waals surface area contributed by atoms with Crippen LogP contribution in [-0.2, 0) is 26.6 Å². The molecular weight excluding hydrogens is 354 g/mol. The fraction of sp³-hybridized carbons (Fsp3) is 0.667. The van der Waals surface area contributed by atoms with Gasteiger partial charge in [-0.1, -0.05) is 5.21 Å². The van der Waals surface area contributed by atoms with Crippen LogP contribution in [0.1, 0.15) is 0 Å². The second kappa shape index (κ2) is 5.76. The number of carbonyl (C=O) groups is 1. The lowest BCUT2D eigenvalue weighted by atomic mass is 10.2. The SMILES string of the molecule is CNC(=O)C1COCCN1S(=O)(=O)c1c(Br)nnn1C. The van der Waals surface area contributed by atoms with Gasteiger partial charge in [-0.05, 0) is 15.9 Å². The quantitative estimate of drug-likeness (QED) is 0.712. The topological polar surface area (TPSA) is 106 Å². The number of likely N-dealkylation sites (N-methyl/N-ethyl adjacent to an activating group) is 1. The summed E-state index contributed by atoms with van der Waals surface area (Å²) in [6, 6.07) is -0.902. The molecule has 0 aromatic carbocycles. The van der Waals surface area contributed by atoms with Crippen LogP contribution in [0.2, 0.25) is 0 Å². The van der Waals surface area contributed by atoms with Gasteiger partial charge in [0.05, 0.1) is 13.2 Å². The summed E-state index contributed by atoms with van der Waals surface area (Å²) < 4.78 is 32.9. The smallest absolute Gasteiger partial charge is 0.263 e. The number of rotatable bonds is 3. The minimum atomic E-state index is -3.90. The van der Waals surface area contributed by atoms with Crippen molar-refractivity contribution < 1.29 is 17.9 Å². The Balaban J connectivity index is 2.44. The first kappa shape index (κ1) is 15.4. The summed E-state index contributed by atoms with van der Waals surface area (Å²) in [7, 11) is -0.981. The maximum atomic E-state index is 12.7. The second-order valence-corrected chi connectivity index (χ2v) is 6.69. The fourth-order valence-electron chi connectivity index (χ4n) is 1.96. The van der Waals surface area contributed by atoms with Crippen molar-refractivity contribution in [3.8, 4) is 0 Å². The maximum Gasteiger partial charge on any atom is 0.263 e. The summed E-state index contributed by atoms with van der Waals surface area (Å²) in [4.78, 5) is 11.8. The van der Waals surface area contributed by atoms with Crippen LogP contribution in [0.25, 0.3) is 0 Å². The molecule has 1 aliphatic rings. The summed E-state index contributed by atoms with van der Waals surface area (Å²) in [6.45, 7) is 0.343. The predicted octanol–water partition coefficient (Wildman–Crippen LogP) is -1.29. The monoisotopic (exact) mass is 367 g/mol. The van der Waals surface area contributed by atoms with Crippen molar-refractivity contribution >= 4 is 31.9 Å². The Kier molecular flexibility index (Phi) is 4.42. The van der Waals surface area contributed by atoms with Gasteiger partial charge >= 0.3 is 0 Å². The molecule has 0 aliphatic carbocycles. The lowest BCUT2D eigenvalue weighted by Crippen LogP contribution is -2.55. The standard InChI is InChI=1S/C9H14BrN5O4S/c1-11-8(16)6-5-19-4-3-15(6)20(17,18)9-7(10)12-13-14(9)2/h6H,3-5H2,1-2H3,(H,11,16). The van der Waals surface area contributed by atoms with E-state index in [0.29, 0.717) is 0 Å². The number of amides is 1. The number of halogens is 1. The van der Waals surface area contributed by atoms with Crippen molar-refractivity contribution in [2.24, 2.45) is 7.05 Å². The number of hydrogen-bond acceptors (Lipinski definition) is 6. The number of ether oxygens (including phenoxy) is 1. The van der Waals surface area contributed by atoms with E-state index in [0.717, 1.165) is 8.99 Å². The highest BCUT2D eigenvalue weighted by Gasteiger charge is 2.40. The molecular formula is C9H14BrN5O4S. The van der Waals surface area contributed by atoms with Crippen molar-refractivity contribution in [1.29, 1.82) is 0 Å². The third-order valence-corrected chi connectivity index (χ3v) is 5.72. The molecule has 2 heterocycles. The Labute approximate surface area is 124 Å². The summed E-state index contributed by atoms with van der Waals surface area (Å²) in [6.07, 6.45) is 0. The van der Waals surface area contributed by atoms with Crippen molar-refractivity contribution in [2.45, 2.75) is 11.1 Å². The van der Waals surface area contributed by atoms with Gasteiger partial charge in [0.2, 0.25) is 10.9 Å². The number of carbonyl (C=O) groups excluding carboxylic acids is 1. The molecule has 1 aromatic rings. The normalized spacial score (nSPS) is 20.9. The molecule has 1 amide bonds. The van der Waals surface area contributed by atoms with E-state index in [1.807, 2.05) is 0 Å². The van der Waals surface area contributed by atoms with E-state index in [1.165, 1.54) is 14.1 Å². The molecule has 9 nitrogen and oxygen atoms in total. The minimum Gasteiger partial charge on any atom is -0.378 e. The zero-order valence-electron chi connectivity index (χ0n) is 10.9. The number of nitrogens with zero attached hydrogens (tertiary/aromatic N) is 4. The number of hydrogen-bond donors (Lipinski definition) is 1. The van der Waals surface area contributed by atoms with Crippen LogP contribution >= 0.6 is 15.9 Å². The Morgan fingerprint density at radius 1 is 1.55 bits per heavy atom. The average molecular weight is 368 g/mol. The largest absolute Gasteiger partial charge is 0.378 e. The van der Waals surface area contributed by atoms with E-state index in [-0.39, 0.29) is 29.4 Å². The highest BCUT2D eigenvalue weighted by molar-refractivity contribution is 9.10. The van der Waals surface area contributed by atoms with Crippen LogP contribution in [0.3, 0.4) is 0 Å². The van der Waals surface area contributed by atoms with Crippen LogP contribution in [0.15, 0.2) is 9.63 Å². The van der Waals surface area contributed by atoms with Gasteiger partial charge in [0, 0.05) is 20.6 Å². The molecule has 112 valence electrons. The van der Waals surface area contributed by atoms with Crippen molar-refractivity contribution in [1.82, 2.24) is 24.6 Å². The number of sulfonamides is 1. The van der Waals surface area contributed by atoms with Gasteiger partial charge in [-0.3, -0.25) is 4.79 Å². The van der Waals surface area contributed by atoms with E-state index < -0.39 is 22.0 Å². The first-order valence-corrected chi connectivity index (χ1v) is 7.99. The molecule has 1 aromatic heterocycles. The Bertz CT molecular complexity index is 596. The van der Waals surface area contributed by atoms with Crippen molar-refractivity contribution in [3.05, 3.63) is 4.60 Å². The Hall–Kier alpha value is -1.04. The molecule has 0 spiro atoms. The number of morpholine rings is 1. The summed E-state index contributed by atoms with van der Waals surface area (Å²) in [5.74, 6) is -0.417.